The third kappa shape index (κ3) is 5.74. The van der Waals surface area contributed by atoms with Crippen LogP contribution >= 0.6 is 0 Å². The van der Waals surface area contributed by atoms with E-state index in [4.69, 9.17) is 20.6 Å². The number of carbonyl (C=O) groups excluding carboxylic acids is 1. The highest BCUT2D eigenvalue weighted by molar-refractivity contribution is 5.85. The fourth-order valence-corrected chi connectivity index (χ4v) is 3.66. The van der Waals surface area contributed by atoms with E-state index >= 15 is 0 Å². The van der Waals surface area contributed by atoms with Gasteiger partial charge >= 0.3 is 11.6 Å². The summed E-state index contributed by atoms with van der Waals surface area (Å²) in [5, 5.41) is 12.6. The zero-order valence-electron chi connectivity index (χ0n) is 17.1. The van der Waals surface area contributed by atoms with E-state index in [0.29, 0.717) is 17.8 Å². The first-order valence-electron chi connectivity index (χ1n) is 10.1. The quantitative estimate of drug-likeness (QED) is 0.195. The maximum Gasteiger partial charge on any atom is 0.339 e. The van der Waals surface area contributed by atoms with Crippen LogP contribution in [0.5, 0.6) is 5.75 Å². The van der Waals surface area contributed by atoms with Gasteiger partial charge in [-0.3, -0.25) is 9.79 Å². The SMILES string of the molecule is NC(N)=NCCCC(NC(=O)COc1ccc2c3c(c(=O)oc2c1)CCCC3)C(=O)O. The zero-order valence-corrected chi connectivity index (χ0v) is 17.1. The average Bonchev–Trinajstić information content (AvgIpc) is 2.74. The second-order valence-corrected chi connectivity index (χ2v) is 7.41. The maximum atomic E-state index is 12.2. The fourth-order valence-electron chi connectivity index (χ4n) is 3.66. The van der Waals surface area contributed by atoms with Gasteiger partial charge in [-0.15, -0.1) is 0 Å². The number of carbonyl (C=O) groups is 2. The van der Waals surface area contributed by atoms with Gasteiger partial charge in [-0.05, 0) is 56.2 Å². The highest BCUT2D eigenvalue weighted by Crippen LogP contribution is 2.29. The molecule has 0 radical (unpaired) electrons. The van der Waals surface area contributed by atoms with Crippen LogP contribution < -0.4 is 27.1 Å². The fraction of sp³-hybridized carbons (Fsp3) is 0.429. The van der Waals surface area contributed by atoms with E-state index in [0.717, 1.165) is 42.2 Å². The van der Waals surface area contributed by atoms with Crippen molar-refractivity contribution in [1.82, 2.24) is 5.32 Å². The van der Waals surface area contributed by atoms with Crippen LogP contribution in [0, 0.1) is 0 Å². The lowest BCUT2D eigenvalue weighted by Crippen LogP contribution is -2.43. The Kier molecular flexibility index (Phi) is 7.11. The topological polar surface area (TPSA) is 170 Å². The molecule has 31 heavy (non-hydrogen) atoms. The Morgan fingerprint density at radius 3 is 2.68 bits per heavy atom. The van der Waals surface area contributed by atoms with Crippen LogP contribution in [0.4, 0.5) is 0 Å². The third-order valence-electron chi connectivity index (χ3n) is 5.14. The molecule has 0 fully saturated rings. The molecule has 1 aromatic carbocycles. The third-order valence-corrected chi connectivity index (χ3v) is 5.14. The second-order valence-electron chi connectivity index (χ2n) is 7.41. The minimum Gasteiger partial charge on any atom is -0.484 e. The summed E-state index contributed by atoms with van der Waals surface area (Å²) in [6, 6.07) is 4.02. The number of aliphatic carboxylic acids is 1. The number of aliphatic imine (C=N–C) groups is 1. The summed E-state index contributed by atoms with van der Waals surface area (Å²) < 4.78 is 10.9. The molecule has 0 saturated heterocycles. The summed E-state index contributed by atoms with van der Waals surface area (Å²) >= 11 is 0. The van der Waals surface area contributed by atoms with Crippen molar-refractivity contribution >= 4 is 28.8 Å². The predicted molar refractivity (Wildman–Crippen MR) is 114 cm³/mol. The highest BCUT2D eigenvalue weighted by Gasteiger charge is 2.20. The van der Waals surface area contributed by atoms with Gasteiger partial charge in [-0.25, -0.2) is 9.59 Å². The van der Waals surface area contributed by atoms with Crippen molar-refractivity contribution in [3.63, 3.8) is 0 Å². The summed E-state index contributed by atoms with van der Waals surface area (Å²) in [6.07, 6.45) is 4.13. The Hall–Kier alpha value is -3.56. The van der Waals surface area contributed by atoms with Crippen molar-refractivity contribution in [2.45, 2.75) is 44.6 Å². The molecule has 0 aliphatic heterocycles. The molecule has 1 aliphatic rings. The molecule has 1 amide bonds. The van der Waals surface area contributed by atoms with Gasteiger partial charge in [0.15, 0.2) is 12.6 Å². The minimum atomic E-state index is -1.16. The lowest BCUT2D eigenvalue weighted by atomic mass is 9.91. The van der Waals surface area contributed by atoms with Gasteiger partial charge < -0.3 is 31.0 Å². The number of fused-ring (bicyclic) bond motifs is 3. The molecule has 1 heterocycles. The van der Waals surface area contributed by atoms with Crippen LogP contribution in [0.1, 0.15) is 36.8 Å². The molecule has 1 aliphatic carbocycles. The van der Waals surface area contributed by atoms with E-state index in [1.54, 1.807) is 12.1 Å². The van der Waals surface area contributed by atoms with Crippen LogP contribution in [-0.2, 0) is 22.4 Å². The van der Waals surface area contributed by atoms with Crippen LogP contribution in [0.3, 0.4) is 0 Å². The van der Waals surface area contributed by atoms with Gasteiger partial charge in [-0.2, -0.15) is 0 Å². The van der Waals surface area contributed by atoms with Crippen molar-refractivity contribution in [2.24, 2.45) is 16.5 Å². The van der Waals surface area contributed by atoms with E-state index in [1.807, 2.05) is 6.07 Å². The molecular weight excluding hydrogens is 404 g/mol. The lowest BCUT2D eigenvalue weighted by Gasteiger charge is -2.17. The number of nitrogens with one attached hydrogen (secondary N) is 1. The molecule has 3 rings (SSSR count). The second kappa shape index (κ2) is 9.96. The van der Waals surface area contributed by atoms with Gasteiger partial charge in [0, 0.05) is 23.6 Å². The smallest absolute Gasteiger partial charge is 0.339 e. The Morgan fingerprint density at radius 1 is 1.23 bits per heavy atom. The number of nitrogens with zero attached hydrogens (tertiary/aromatic N) is 1. The summed E-state index contributed by atoms with van der Waals surface area (Å²) in [5.74, 6) is -1.46. The van der Waals surface area contributed by atoms with E-state index in [9.17, 15) is 19.5 Å². The standard InChI is InChI=1S/C21H26N4O6/c22-21(23)24-9-3-6-16(19(27)28)25-18(26)11-30-12-7-8-14-13-4-1-2-5-15(13)20(29)31-17(14)10-12/h7-8,10,16H,1-6,9,11H2,(H,25,26)(H,27,28)(H4,22,23,24). The number of benzene rings is 1. The molecule has 6 N–H and O–H groups in total. The molecule has 10 nitrogen and oxygen atoms in total. The molecular formula is C21H26N4O6. The number of nitrogens with two attached hydrogens (primary N) is 2. The molecule has 0 bridgehead atoms. The Bertz CT molecular complexity index is 1060. The molecule has 1 unspecified atom stereocenters. The van der Waals surface area contributed by atoms with E-state index < -0.39 is 17.9 Å². The summed E-state index contributed by atoms with van der Waals surface area (Å²) in [6.45, 7) is -0.108. The van der Waals surface area contributed by atoms with E-state index in [1.165, 1.54) is 0 Å². The van der Waals surface area contributed by atoms with E-state index in [-0.39, 0.29) is 31.2 Å². The largest absolute Gasteiger partial charge is 0.484 e. The van der Waals surface area contributed by atoms with Crippen LogP contribution in [-0.4, -0.2) is 42.1 Å². The number of hydrogen-bond acceptors (Lipinski definition) is 6. The van der Waals surface area contributed by atoms with Crippen LogP contribution in [0.25, 0.3) is 11.0 Å². The number of amides is 1. The Balaban J connectivity index is 1.60. The molecule has 10 heteroatoms. The molecule has 1 atom stereocenters. The predicted octanol–water partition coefficient (Wildman–Crippen LogP) is 0.674. The summed E-state index contributed by atoms with van der Waals surface area (Å²) in [4.78, 5) is 39.5. The van der Waals surface area contributed by atoms with Crippen LogP contribution in [0.2, 0.25) is 0 Å². The highest BCUT2D eigenvalue weighted by atomic mass is 16.5. The van der Waals surface area contributed by atoms with Crippen LogP contribution in [0.15, 0.2) is 32.4 Å². The van der Waals surface area contributed by atoms with Crippen molar-refractivity contribution in [3.05, 3.63) is 39.7 Å². The number of rotatable bonds is 9. The first-order chi connectivity index (χ1) is 14.8. The van der Waals surface area contributed by atoms with Crippen molar-refractivity contribution < 1.29 is 23.8 Å². The van der Waals surface area contributed by atoms with Crippen molar-refractivity contribution in [2.75, 3.05) is 13.2 Å². The van der Waals surface area contributed by atoms with Gasteiger partial charge in [0.2, 0.25) is 0 Å². The monoisotopic (exact) mass is 430 g/mol. The molecule has 1 aromatic heterocycles. The number of carboxylic acids is 1. The number of carboxylic acid groups (broad SMARTS) is 1. The first-order valence-corrected chi connectivity index (χ1v) is 10.1. The normalized spacial score (nSPS) is 13.8. The average molecular weight is 430 g/mol. The minimum absolute atomic E-state index is 0.0731. The number of ether oxygens (including phenoxy) is 1. The summed E-state index contributed by atoms with van der Waals surface area (Å²) in [7, 11) is 0. The first kappa shape index (κ1) is 22.1. The Labute approximate surface area is 178 Å². The van der Waals surface area contributed by atoms with E-state index in [2.05, 4.69) is 10.3 Å². The van der Waals surface area contributed by atoms with Gasteiger partial charge in [-0.1, -0.05) is 0 Å². The van der Waals surface area contributed by atoms with Crippen molar-refractivity contribution in [3.8, 4) is 5.75 Å². The molecule has 2 aromatic rings. The summed E-state index contributed by atoms with van der Waals surface area (Å²) in [5.41, 5.74) is 12.3. The lowest BCUT2D eigenvalue weighted by molar-refractivity contribution is -0.142. The van der Waals surface area contributed by atoms with Gasteiger partial charge in [0.05, 0.1) is 0 Å². The number of aryl methyl sites for hydroxylation is 1. The van der Waals surface area contributed by atoms with Gasteiger partial charge in [0.25, 0.3) is 5.91 Å². The Morgan fingerprint density at radius 2 is 1.97 bits per heavy atom. The molecule has 0 saturated carbocycles. The number of guanidine groups is 1. The zero-order chi connectivity index (χ0) is 22.4. The molecule has 0 spiro atoms. The molecule has 166 valence electrons. The van der Waals surface area contributed by atoms with Crippen molar-refractivity contribution in [1.29, 1.82) is 0 Å². The number of hydrogen-bond donors (Lipinski definition) is 4. The van der Waals surface area contributed by atoms with Gasteiger partial charge in [0.1, 0.15) is 17.4 Å². The maximum absolute atomic E-state index is 12.2.